The lowest BCUT2D eigenvalue weighted by molar-refractivity contribution is -0.125. The second kappa shape index (κ2) is 7.66. The van der Waals surface area contributed by atoms with Gasteiger partial charge < -0.3 is 10.6 Å². The number of hydrogen-bond acceptors (Lipinski definition) is 2. The number of rotatable bonds is 7. The Labute approximate surface area is 99.4 Å². The maximum atomic E-state index is 11.9. The fraction of sp³-hybridized carbons (Fsp3) is 0.923. The van der Waals surface area contributed by atoms with E-state index in [0.717, 1.165) is 38.8 Å². The second-order valence-corrected chi connectivity index (χ2v) is 4.83. The summed E-state index contributed by atoms with van der Waals surface area (Å²) in [5.41, 5.74) is 0. The van der Waals surface area contributed by atoms with E-state index in [4.69, 9.17) is 0 Å². The summed E-state index contributed by atoms with van der Waals surface area (Å²) in [6, 6.07) is 0.401. The van der Waals surface area contributed by atoms with Crippen LogP contribution in [0.5, 0.6) is 0 Å². The molecule has 1 aliphatic heterocycles. The number of hydrogen-bond donors (Lipinski definition) is 2. The van der Waals surface area contributed by atoms with Gasteiger partial charge >= 0.3 is 0 Å². The van der Waals surface area contributed by atoms with Gasteiger partial charge in [-0.3, -0.25) is 4.79 Å². The maximum absolute atomic E-state index is 11.9. The first-order chi connectivity index (χ1) is 7.77. The van der Waals surface area contributed by atoms with Gasteiger partial charge in [0.2, 0.25) is 5.91 Å². The molecule has 3 nitrogen and oxygen atoms in total. The van der Waals surface area contributed by atoms with E-state index < -0.39 is 0 Å². The van der Waals surface area contributed by atoms with E-state index in [-0.39, 0.29) is 11.8 Å². The zero-order valence-corrected chi connectivity index (χ0v) is 10.7. The Bertz CT molecular complexity index is 200. The Kier molecular flexibility index (Phi) is 6.46. The molecule has 16 heavy (non-hydrogen) atoms. The van der Waals surface area contributed by atoms with Gasteiger partial charge in [-0.1, -0.05) is 33.1 Å². The van der Waals surface area contributed by atoms with Crippen molar-refractivity contribution in [2.24, 2.45) is 5.92 Å². The second-order valence-electron chi connectivity index (χ2n) is 4.83. The minimum Gasteiger partial charge on any atom is -0.353 e. The van der Waals surface area contributed by atoms with Gasteiger partial charge in [0.15, 0.2) is 0 Å². The molecule has 1 aliphatic rings. The first kappa shape index (κ1) is 13.5. The van der Waals surface area contributed by atoms with Gasteiger partial charge in [0.05, 0.1) is 5.92 Å². The van der Waals surface area contributed by atoms with Crippen molar-refractivity contribution in [3.05, 3.63) is 0 Å². The summed E-state index contributed by atoms with van der Waals surface area (Å²) in [7, 11) is 0. The van der Waals surface area contributed by atoms with Crippen molar-refractivity contribution in [2.75, 3.05) is 13.1 Å². The number of unbranched alkanes of at least 4 members (excludes halogenated alkanes) is 1. The number of nitrogens with one attached hydrogen (secondary N) is 2. The molecule has 0 saturated carbocycles. The summed E-state index contributed by atoms with van der Waals surface area (Å²) in [4.78, 5) is 11.9. The van der Waals surface area contributed by atoms with Crippen LogP contribution in [0.2, 0.25) is 0 Å². The van der Waals surface area contributed by atoms with Crippen LogP contribution in [0.15, 0.2) is 0 Å². The fourth-order valence-corrected chi connectivity index (χ4v) is 2.29. The third-order valence-electron chi connectivity index (χ3n) is 3.32. The molecule has 94 valence electrons. The van der Waals surface area contributed by atoms with Crippen molar-refractivity contribution < 1.29 is 4.79 Å². The first-order valence-corrected chi connectivity index (χ1v) is 6.79. The first-order valence-electron chi connectivity index (χ1n) is 6.79. The van der Waals surface area contributed by atoms with E-state index in [2.05, 4.69) is 24.5 Å². The van der Waals surface area contributed by atoms with Crippen LogP contribution in [-0.4, -0.2) is 25.0 Å². The molecule has 1 amide bonds. The summed E-state index contributed by atoms with van der Waals surface area (Å²) in [6.07, 6.45) is 6.83. The van der Waals surface area contributed by atoms with Gasteiger partial charge in [-0.05, 0) is 25.8 Å². The molecule has 1 heterocycles. The van der Waals surface area contributed by atoms with Crippen LogP contribution in [0.3, 0.4) is 0 Å². The predicted octanol–water partition coefficient (Wildman–Crippen LogP) is 2.07. The topological polar surface area (TPSA) is 41.1 Å². The van der Waals surface area contributed by atoms with Crippen molar-refractivity contribution >= 4 is 5.91 Å². The normalized spacial score (nSPS) is 22.0. The van der Waals surface area contributed by atoms with Crippen molar-refractivity contribution in [1.29, 1.82) is 0 Å². The molecular weight excluding hydrogens is 200 g/mol. The molecule has 2 atom stereocenters. The van der Waals surface area contributed by atoms with E-state index >= 15 is 0 Å². The third kappa shape index (κ3) is 4.52. The molecule has 0 radical (unpaired) electrons. The quantitative estimate of drug-likeness (QED) is 0.698. The maximum Gasteiger partial charge on any atom is 0.224 e. The monoisotopic (exact) mass is 226 g/mol. The number of carbonyl (C=O) groups excluding carboxylic acids is 1. The number of amides is 1. The van der Waals surface area contributed by atoms with Crippen molar-refractivity contribution in [2.45, 2.75) is 58.4 Å². The van der Waals surface area contributed by atoms with E-state index in [0.29, 0.717) is 6.04 Å². The van der Waals surface area contributed by atoms with E-state index in [1.54, 1.807) is 0 Å². The highest BCUT2D eigenvalue weighted by molar-refractivity contribution is 5.79. The van der Waals surface area contributed by atoms with Crippen LogP contribution in [-0.2, 0) is 4.79 Å². The van der Waals surface area contributed by atoms with Crippen LogP contribution >= 0.6 is 0 Å². The molecule has 2 unspecified atom stereocenters. The molecule has 2 N–H and O–H groups in total. The van der Waals surface area contributed by atoms with E-state index in [1.807, 2.05) is 0 Å². The Balaban J connectivity index is 2.30. The number of carbonyl (C=O) groups is 1. The van der Waals surface area contributed by atoms with Crippen molar-refractivity contribution in [1.82, 2.24) is 10.6 Å². The summed E-state index contributed by atoms with van der Waals surface area (Å²) >= 11 is 0. The molecule has 0 aromatic heterocycles. The lowest BCUT2D eigenvalue weighted by Crippen LogP contribution is -2.39. The molecule has 0 aromatic carbocycles. The molecule has 1 fully saturated rings. The Morgan fingerprint density at radius 2 is 2.19 bits per heavy atom. The highest BCUT2D eigenvalue weighted by Gasteiger charge is 2.23. The lowest BCUT2D eigenvalue weighted by Gasteiger charge is -2.20. The minimum atomic E-state index is 0.209. The van der Waals surface area contributed by atoms with Gasteiger partial charge in [0, 0.05) is 12.6 Å². The highest BCUT2D eigenvalue weighted by Crippen LogP contribution is 2.11. The van der Waals surface area contributed by atoms with Gasteiger partial charge in [0.25, 0.3) is 0 Å². The molecule has 0 aromatic rings. The molecule has 1 saturated heterocycles. The smallest absolute Gasteiger partial charge is 0.224 e. The zero-order valence-electron chi connectivity index (χ0n) is 10.7. The van der Waals surface area contributed by atoms with E-state index in [1.165, 1.54) is 12.8 Å². The van der Waals surface area contributed by atoms with Gasteiger partial charge in [-0.2, -0.15) is 0 Å². The Morgan fingerprint density at radius 3 is 2.75 bits per heavy atom. The summed E-state index contributed by atoms with van der Waals surface area (Å²) in [5, 5.41) is 6.46. The average molecular weight is 226 g/mol. The molecule has 0 spiro atoms. The van der Waals surface area contributed by atoms with Crippen LogP contribution < -0.4 is 10.6 Å². The Hall–Kier alpha value is -0.570. The lowest BCUT2D eigenvalue weighted by atomic mass is 10.0. The largest absolute Gasteiger partial charge is 0.353 e. The molecule has 3 heteroatoms. The SMILES string of the molecule is CCCCC(CCC)NC(=O)C1CCNC1. The van der Waals surface area contributed by atoms with Crippen molar-refractivity contribution in [3.8, 4) is 0 Å². The molecule has 1 rings (SSSR count). The molecular formula is C13H26N2O. The van der Waals surface area contributed by atoms with E-state index in [9.17, 15) is 4.79 Å². The van der Waals surface area contributed by atoms with Gasteiger partial charge in [-0.25, -0.2) is 0 Å². The van der Waals surface area contributed by atoms with Crippen LogP contribution in [0, 0.1) is 5.92 Å². The fourth-order valence-electron chi connectivity index (χ4n) is 2.29. The summed E-state index contributed by atoms with van der Waals surface area (Å²) in [6.45, 7) is 6.23. The average Bonchev–Trinajstić information content (AvgIpc) is 2.79. The summed E-state index contributed by atoms with van der Waals surface area (Å²) < 4.78 is 0. The minimum absolute atomic E-state index is 0.209. The van der Waals surface area contributed by atoms with Gasteiger partial charge in [0.1, 0.15) is 0 Å². The standard InChI is InChI=1S/C13H26N2O/c1-3-5-7-12(6-4-2)15-13(16)11-8-9-14-10-11/h11-12,14H,3-10H2,1-2H3,(H,15,16). The van der Waals surface area contributed by atoms with Crippen LogP contribution in [0.1, 0.15) is 52.4 Å². The third-order valence-corrected chi connectivity index (χ3v) is 3.32. The van der Waals surface area contributed by atoms with Crippen LogP contribution in [0.4, 0.5) is 0 Å². The van der Waals surface area contributed by atoms with Crippen LogP contribution in [0.25, 0.3) is 0 Å². The zero-order chi connectivity index (χ0) is 11.8. The molecule has 0 bridgehead atoms. The Morgan fingerprint density at radius 1 is 1.38 bits per heavy atom. The summed E-state index contributed by atoms with van der Waals surface area (Å²) in [5.74, 6) is 0.473. The predicted molar refractivity (Wildman–Crippen MR) is 67.3 cm³/mol. The van der Waals surface area contributed by atoms with Crippen molar-refractivity contribution in [3.63, 3.8) is 0 Å². The van der Waals surface area contributed by atoms with Gasteiger partial charge in [-0.15, -0.1) is 0 Å². The highest BCUT2D eigenvalue weighted by atomic mass is 16.2. The molecule has 0 aliphatic carbocycles.